The zero-order valence-corrected chi connectivity index (χ0v) is 16.5. The Morgan fingerprint density at radius 1 is 1.08 bits per heavy atom. The minimum atomic E-state index is -0.0353. The number of pyridine rings is 1. The van der Waals surface area contributed by atoms with E-state index < -0.39 is 0 Å². The Morgan fingerprint density at radius 3 is 2.27 bits per heavy atom. The van der Waals surface area contributed by atoms with Crippen molar-refractivity contribution in [3.63, 3.8) is 0 Å². The second-order valence-corrected chi connectivity index (χ2v) is 8.89. The van der Waals surface area contributed by atoms with Gasteiger partial charge in [0.1, 0.15) is 6.10 Å². The third kappa shape index (κ3) is 5.44. The van der Waals surface area contributed by atoms with E-state index in [1.54, 1.807) is 0 Å². The SMILES string of the molecule is CC(C)(C)CC(=O)OC1CCC(N2CCN(c3ccncc3)CC2)CC1. The van der Waals surface area contributed by atoms with E-state index in [-0.39, 0.29) is 17.5 Å². The standard InChI is InChI=1S/C21H33N3O2/c1-21(2,3)16-20(25)26-19-6-4-17(5-7-19)23-12-14-24(15-13-23)18-8-10-22-11-9-18/h8-11,17,19H,4-7,12-16H2,1-3H3. The molecule has 1 aliphatic heterocycles. The molecule has 5 heteroatoms. The second-order valence-electron chi connectivity index (χ2n) is 8.89. The number of aromatic nitrogens is 1. The third-order valence-corrected chi connectivity index (χ3v) is 5.48. The fourth-order valence-electron chi connectivity index (χ4n) is 4.09. The Balaban J connectivity index is 1.40. The Kier molecular flexibility index (Phi) is 6.17. The molecule has 0 radical (unpaired) electrons. The van der Waals surface area contributed by atoms with Crippen molar-refractivity contribution < 1.29 is 9.53 Å². The Bertz CT molecular complexity index is 569. The molecule has 0 bridgehead atoms. The normalized spacial score (nSPS) is 25.1. The molecule has 1 aromatic rings. The van der Waals surface area contributed by atoms with Gasteiger partial charge in [0.15, 0.2) is 0 Å². The van der Waals surface area contributed by atoms with Gasteiger partial charge in [-0.05, 0) is 43.2 Å². The highest BCUT2D eigenvalue weighted by Crippen LogP contribution is 2.28. The van der Waals surface area contributed by atoms with Crippen molar-refractivity contribution in [2.45, 2.75) is 65.0 Å². The summed E-state index contributed by atoms with van der Waals surface area (Å²) < 4.78 is 5.71. The van der Waals surface area contributed by atoms with Crippen molar-refractivity contribution in [1.29, 1.82) is 0 Å². The molecule has 2 aliphatic rings. The van der Waals surface area contributed by atoms with Gasteiger partial charge in [0.2, 0.25) is 0 Å². The molecule has 2 fully saturated rings. The zero-order chi connectivity index (χ0) is 18.6. The minimum absolute atomic E-state index is 0.00275. The summed E-state index contributed by atoms with van der Waals surface area (Å²) in [5, 5.41) is 0. The van der Waals surface area contributed by atoms with Crippen LogP contribution in [0.1, 0.15) is 52.9 Å². The number of esters is 1. The van der Waals surface area contributed by atoms with Crippen LogP contribution < -0.4 is 4.90 Å². The zero-order valence-electron chi connectivity index (χ0n) is 16.5. The summed E-state index contributed by atoms with van der Waals surface area (Å²) in [5.74, 6) is -0.0353. The van der Waals surface area contributed by atoms with Gasteiger partial charge in [-0.2, -0.15) is 0 Å². The lowest BCUT2D eigenvalue weighted by molar-refractivity contribution is -0.153. The van der Waals surface area contributed by atoms with Crippen molar-refractivity contribution in [2.75, 3.05) is 31.1 Å². The highest BCUT2D eigenvalue weighted by molar-refractivity contribution is 5.70. The van der Waals surface area contributed by atoms with Crippen LogP contribution in [-0.2, 0) is 9.53 Å². The number of carbonyl (C=O) groups is 1. The predicted octanol–water partition coefficient (Wildman–Crippen LogP) is 3.49. The summed E-state index contributed by atoms with van der Waals surface area (Å²) in [5.41, 5.74) is 1.28. The molecule has 0 amide bonds. The molecule has 0 aromatic carbocycles. The first-order valence-electron chi connectivity index (χ1n) is 9.99. The Hall–Kier alpha value is -1.62. The van der Waals surface area contributed by atoms with Crippen LogP contribution in [0, 0.1) is 5.41 Å². The molecule has 5 nitrogen and oxygen atoms in total. The van der Waals surface area contributed by atoms with Gasteiger partial charge in [-0.1, -0.05) is 20.8 Å². The fourth-order valence-corrected chi connectivity index (χ4v) is 4.09. The molecule has 0 spiro atoms. The Morgan fingerprint density at radius 2 is 1.69 bits per heavy atom. The van der Waals surface area contributed by atoms with Crippen molar-refractivity contribution in [2.24, 2.45) is 5.41 Å². The molecule has 1 aliphatic carbocycles. The maximum atomic E-state index is 12.0. The van der Waals surface area contributed by atoms with Gasteiger partial charge in [0, 0.05) is 50.3 Å². The summed E-state index contributed by atoms with van der Waals surface area (Å²) in [6.07, 6.45) is 8.65. The minimum Gasteiger partial charge on any atom is -0.462 e. The summed E-state index contributed by atoms with van der Waals surface area (Å²) in [6.45, 7) is 10.6. The molecule has 26 heavy (non-hydrogen) atoms. The third-order valence-electron chi connectivity index (χ3n) is 5.48. The fraction of sp³-hybridized carbons (Fsp3) is 0.714. The number of hydrogen-bond donors (Lipinski definition) is 0. The molecule has 2 heterocycles. The van der Waals surface area contributed by atoms with E-state index in [1.807, 2.05) is 12.4 Å². The van der Waals surface area contributed by atoms with Crippen LogP contribution in [-0.4, -0.2) is 54.2 Å². The molecule has 1 aromatic heterocycles. The van der Waals surface area contributed by atoms with Crippen LogP contribution in [0.4, 0.5) is 5.69 Å². The molecule has 0 unspecified atom stereocenters. The van der Waals surface area contributed by atoms with Crippen LogP contribution in [0.15, 0.2) is 24.5 Å². The van der Waals surface area contributed by atoms with Crippen molar-refractivity contribution >= 4 is 11.7 Å². The van der Waals surface area contributed by atoms with E-state index in [9.17, 15) is 4.79 Å². The average molecular weight is 360 g/mol. The number of ether oxygens (including phenoxy) is 1. The lowest BCUT2D eigenvalue weighted by atomic mass is 9.90. The topological polar surface area (TPSA) is 45.7 Å². The predicted molar refractivity (Wildman–Crippen MR) is 104 cm³/mol. The van der Waals surface area contributed by atoms with Gasteiger partial charge in [0.25, 0.3) is 0 Å². The number of rotatable bonds is 4. The lowest BCUT2D eigenvalue weighted by Crippen LogP contribution is -2.51. The van der Waals surface area contributed by atoms with Crippen molar-refractivity contribution in [3.8, 4) is 0 Å². The van der Waals surface area contributed by atoms with Gasteiger partial charge >= 0.3 is 5.97 Å². The van der Waals surface area contributed by atoms with Gasteiger partial charge < -0.3 is 9.64 Å². The average Bonchev–Trinajstić information content (AvgIpc) is 2.62. The first kappa shape index (κ1) is 19.2. The maximum absolute atomic E-state index is 12.0. The molecule has 1 saturated carbocycles. The number of nitrogens with zero attached hydrogens (tertiary/aromatic N) is 3. The molecule has 144 valence electrons. The van der Waals surface area contributed by atoms with Crippen LogP contribution in [0.2, 0.25) is 0 Å². The maximum Gasteiger partial charge on any atom is 0.306 e. The van der Waals surface area contributed by atoms with E-state index in [4.69, 9.17) is 4.74 Å². The monoisotopic (exact) mass is 359 g/mol. The summed E-state index contributed by atoms with van der Waals surface area (Å²) >= 11 is 0. The molecular formula is C21H33N3O2. The van der Waals surface area contributed by atoms with E-state index >= 15 is 0 Å². The van der Waals surface area contributed by atoms with Crippen LogP contribution in [0.25, 0.3) is 0 Å². The smallest absolute Gasteiger partial charge is 0.306 e. The first-order valence-corrected chi connectivity index (χ1v) is 9.99. The van der Waals surface area contributed by atoms with E-state index in [0.29, 0.717) is 12.5 Å². The number of anilines is 1. The first-order chi connectivity index (χ1) is 12.4. The van der Waals surface area contributed by atoms with Crippen molar-refractivity contribution in [1.82, 2.24) is 9.88 Å². The van der Waals surface area contributed by atoms with E-state index in [0.717, 1.165) is 51.9 Å². The Labute approximate surface area is 157 Å². The van der Waals surface area contributed by atoms with Gasteiger partial charge in [-0.25, -0.2) is 0 Å². The van der Waals surface area contributed by atoms with Crippen LogP contribution in [0.3, 0.4) is 0 Å². The van der Waals surface area contributed by atoms with Crippen LogP contribution in [0.5, 0.6) is 0 Å². The van der Waals surface area contributed by atoms with Gasteiger partial charge in [-0.3, -0.25) is 14.7 Å². The van der Waals surface area contributed by atoms with Gasteiger partial charge in [-0.15, -0.1) is 0 Å². The summed E-state index contributed by atoms with van der Waals surface area (Å²) in [4.78, 5) is 21.2. The van der Waals surface area contributed by atoms with Crippen molar-refractivity contribution in [3.05, 3.63) is 24.5 Å². The molecular weight excluding hydrogens is 326 g/mol. The summed E-state index contributed by atoms with van der Waals surface area (Å²) in [7, 11) is 0. The second kappa shape index (κ2) is 8.38. The number of hydrogen-bond acceptors (Lipinski definition) is 5. The van der Waals surface area contributed by atoms with Crippen LogP contribution >= 0.6 is 0 Å². The van der Waals surface area contributed by atoms with E-state index in [2.05, 4.69) is 47.7 Å². The highest BCUT2D eigenvalue weighted by atomic mass is 16.5. The van der Waals surface area contributed by atoms with Gasteiger partial charge in [0.05, 0.1) is 6.42 Å². The summed E-state index contributed by atoms with van der Waals surface area (Å²) in [6, 6.07) is 4.83. The quantitative estimate of drug-likeness (QED) is 0.770. The molecule has 3 rings (SSSR count). The van der Waals surface area contributed by atoms with E-state index in [1.165, 1.54) is 5.69 Å². The number of carbonyl (C=O) groups excluding carboxylic acids is 1. The highest BCUT2D eigenvalue weighted by Gasteiger charge is 2.30. The largest absolute Gasteiger partial charge is 0.462 e. The number of piperazine rings is 1. The molecule has 0 N–H and O–H groups in total. The molecule has 0 atom stereocenters. The molecule has 1 saturated heterocycles. The lowest BCUT2D eigenvalue weighted by Gasteiger charge is -2.42.